The Hall–Kier alpha value is -0.300. The zero-order valence-electron chi connectivity index (χ0n) is 8.72. The normalized spacial score (nSPS) is 36.3. The van der Waals surface area contributed by atoms with Gasteiger partial charge in [0.1, 0.15) is 0 Å². The molecule has 0 aromatic carbocycles. The van der Waals surface area contributed by atoms with Gasteiger partial charge in [-0.25, -0.2) is 0 Å². The monoisotopic (exact) mass is 167 g/mol. The molecule has 0 unspecified atom stereocenters. The van der Waals surface area contributed by atoms with Crippen LogP contribution in [-0.4, -0.2) is 13.6 Å². The highest BCUT2D eigenvalue weighted by molar-refractivity contribution is 5.08. The summed E-state index contributed by atoms with van der Waals surface area (Å²) in [6.45, 7) is 8.12. The summed E-state index contributed by atoms with van der Waals surface area (Å²) in [6.07, 6.45) is 3.72. The molecule has 1 aliphatic rings. The maximum atomic E-state index is 3.28. The molecule has 0 heterocycles. The number of hydrogen-bond acceptors (Lipinski definition) is 1. The van der Waals surface area contributed by atoms with Gasteiger partial charge in [-0.05, 0) is 44.7 Å². The van der Waals surface area contributed by atoms with Crippen molar-refractivity contribution in [1.82, 2.24) is 5.32 Å². The van der Waals surface area contributed by atoms with Gasteiger partial charge in [-0.1, -0.05) is 25.5 Å². The van der Waals surface area contributed by atoms with Crippen LogP contribution in [0.1, 0.15) is 27.2 Å². The van der Waals surface area contributed by atoms with E-state index in [0.717, 1.165) is 24.3 Å². The lowest BCUT2D eigenvalue weighted by molar-refractivity contribution is 0.267. The Bertz CT molecular complexity index is 172. The van der Waals surface area contributed by atoms with Crippen molar-refractivity contribution >= 4 is 0 Å². The van der Waals surface area contributed by atoms with Crippen molar-refractivity contribution in [2.24, 2.45) is 17.8 Å². The lowest BCUT2D eigenvalue weighted by Gasteiger charge is -2.32. The van der Waals surface area contributed by atoms with E-state index in [1.54, 1.807) is 5.57 Å². The smallest absolute Gasteiger partial charge is 0.00153 e. The molecule has 3 atom stereocenters. The van der Waals surface area contributed by atoms with Gasteiger partial charge in [-0.2, -0.15) is 0 Å². The highest BCUT2D eigenvalue weighted by Crippen LogP contribution is 2.32. The molecule has 0 aromatic heterocycles. The molecule has 1 heteroatoms. The zero-order valence-corrected chi connectivity index (χ0v) is 8.72. The summed E-state index contributed by atoms with van der Waals surface area (Å²) >= 11 is 0. The topological polar surface area (TPSA) is 12.0 Å². The van der Waals surface area contributed by atoms with Crippen molar-refractivity contribution in [3.63, 3.8) is 0 Å². The Kier molecular flexibility index (Phi) is 3.33. The minimum absolute atomic E-state index is 0.751. The Morgan fingerprint density at radius 2 is 2.17 bits per heavy atom. The van der Waals surface area contributed by atoms with Crippen molar-refractivity contribution in [2.75, 3.05) is 13.6 Å². The summed E-state index contributed by atoms with van der Waals surface area (Å²) in [5.41, 5.74) is 1.57. The summed E-state index contributed by atoms with van der Waals surface area (Å²) < 4.78 is 0. The zero-order chi connectivity index (χ0) is 9.14. The third kappa shape index (κ3) is 2.10. The summed E-state index contributed by atoms with van der Waals surface area (Å²) in [5, 5.41) is 3.28. The SMILES string of the molecule is CNC[C@@H]1[C@H](C)C=C(C)C[C@@H]1C. The standard InChI is InChI=1S/C11H21N/c1-8-5-9(2)11(7-12-4)10(3)6-8/h5,9-12H,6-7H2,1-4H3/t9-,10+,11-/m1/s1. The molecule has 12 heavy (non-hydrogen) atoms. The Morgan fingerprint density at radius 1 is 1.50 bits per heavy atom. The first-order chi connectivity index (χ1) is 5.65. The summed E-state index contributed by atoms with van der Waals surface area (Å²) in [4.78, 5) is 0. The molecule has 1 N–H and O–H groups in total. The van der Waals surface area contributed by atoms with Crippen molar-refractivity contribution in [3.8, 4) is 0 Å². The quantitative estimate of drug-likeness (QED) is 0.623. The van der Waals surface area contributed by atoms with E-state index in [9.17, 15) is 0 Å². The summed E-state index contributed by atoms with van der Waals surface area (Å²) in [7, 11) is 2.05. The van der Waals surface area contributed by atoms with Crippen LogP contribution < -0.4 is 5.32 Å². The van der Waals surface area contributed by atoms with Crippen LogP contribution in [0.4, 0.5) is 0 Å². The van der Waals surface area contributed by atoms with E-state index >= 15 is 0 Å². The van der Waals surface area contributed by atoms with Crippen LogP contribution in [0.2, 0.25) is 0 Å². The first-order valence-corrected chi connectivity index (χ1v) is 4.97. The second-order valence-electron chi connectivity index (χ2n) is 4.28. The number of nitrogens with one attached hydrogen (secondary N) is 1. The Balaban J connectivity index is 2.62. The Morgan fingerprint density at radius 3 is 2.67 bits per heavy atom. The van der Waals surface area contributed by atoms with Crippen LogP contribution in [0.15, 0.2) is 11.6 Å². The fourth-order valence-corrected chi connectivity index (χ4v) is 2.44. The van der Waals surface area contributed by atoms with Gasteiger partial charge in [-0.3, -0.25) is 0 Å². The number of hydrogen-bond donors (Lipinski definition) is 1. The third-order valence-corrected chi connectivity index (χ3v) is 3.04. The molecule has 70 valence electrons. The van der Waals surface area contributed by atoms with Gasteiger partial charge < -0.3 is 5.32 Å². The highest BCUT2D eigenvalue weighted by Gasteiger charge is 2.25. The molecular formula is C11H21N. The first kappa shape index (κ1) is 9.79. The largest absolute Gasteiger partial charge is 0.319 e. The van der Waals surface area contributed by atoms with E-state index in [0.29, 0.717) is 0 Å². The third-order valence-electron chi connectivity index (χ3n) is 3.04. The maximum Gasteiger partial charge on any atom is -0.00153 e. The minimum Gasteiger partial charge on any atom is -0.319 e. The van der Waals surface area contributed by atoms with E-state index in [4.69, 9.17) is 0 Å². The molecule has 0 amide bonds. The van der Waals surface area contributed by atoms with Crippen molar-refractivity contribution in [3.05, 3.63) is 11.6 Å². The second-order valence-corrected chi connectivity index (χ2v) is 4.28. The van der Waals surface area contributed by atoms with E-state index in [2.05, 4.69) is 32.2 Å². The van der Waals surface area contributed by atoms with Gasteiger partial charge in [0.2, 0.25) is 0 Å². The average Bonchev–Trinajstić information content (AvgIpc) is 1.96. The molecular weight excluding hydrogens is 146 g/mol. The van der Waals surface area contributed by atoms with Crippen LogP contribution in [0.25, 0.3) is 0 Å². The molecule has 1 nitrogen and oxygen atoms in total. The number of allylic oxidation sites excluding steroid dienone is 2. The lowest BCUT2D eigenvalue weighted by Crippen LogP contribution is -2.31. The number of rotatable bonds is 2. The first-order valence-electron chi connectivity index (χ1n) is 4.97. The summed E-state index contributed by atoms with van der Waals surface area (Å²) in [6, 6.07) is 0. The van der Waals surface area contributed by atoms with Gasteiger partial charge in [0.05, 0.1) is 0 Å². The second kappa shape index (κ2) is 4.08. The van der Waals surface area contributed by atoms with E-state index in [-0.39, 0.29) is 0 Å². The van der Waals surface area contributed by atoms with Gasteiger partial charge in [-0.15, -0.1) is 0 Å². The molecule has 0 saturated heterocycles. The Labute approximate surface area is 76.2 Å². The molecule has 0 fully saturated rings. The molecule has 0 radical (unpaired) electrons. The molecule has 0 bridgehead atoms. The van der Waals surface area contributed by atoms with E-state index in [1.807, 2.05) is 7.05 Å². The van der Waals surface area contributed by atoms with Gasteiger partial charge >= 0.3 is 0 Å². The predicted octanol–water partition coefficient (Wildman–Crippen LogP) is 2.44. The van der Waals surface area contributed by atoms with Crippen molar-refractivity contribution < 1.29 is 0 Å². The van der Waals surface area contributed by atoms with Crippen molar-refractivity contribution in [2.45, 2.75) is 27.2 Å². The fourth-order valence-electron chi connectivity index (χ4n) is 2.44. The van der Waals surface area contributed by atoms with Crippen LogP contribution in [0.3, 0.4) is 0 Å². The van der Waals surface area contributed by atoms with Gasteiger partial charge in [0, 0.05) is 0 Å². The molecule has 0 aliphatic heterocycles. The minimum atomic E-state index is 0.751. The molecule has 1 aliphatic carbocycles. The van der Waals surface area contributed by atoms with Crippen LogP contribution in [-0.2, 0) is 0 Å². The predicted molar refractivity (Wildman–Crippen MR) is 54.1 cm³/mol. The lowest BCUT2D eigenvalue weighted by atomic mass is 9.75. The van der Waals surface area contributed by atoms with Crippen molar-refractivity contribution in [1.29, 1.82) is 0 Å². The van der Waals surface area contributed by atoms with E-state index < -0.39 is 0 Å². The fraction of sp³-hybridized carbons (Fsp3) is 0.818. The highest BCUT2D eigenvalue weighted by atomic mass is 14.8. The van der Waals surface area contributed by atoms with Crippen LogP contribution in [0, 0.1) is 17.8 Å². The van der Waals surface area contributed by atoms with Crippen LogP contribution in [0.5, 0.6) is 0 Å². The molecule has 1 rings (SSSR count). The van der Waals surface area contributed by atoms with Gasteiger partial charge in [0.15, 0.2) is 0 Å². The molecule has 0 saturated carbocycles. The van der Waals surface area contributed by atoms with Crippen LogP contribution >= 0.6 is 0 Å². The average molecular weight is 167 g/mol. The summed E-state index contributed by atoms with van der Waals surface area (Å²) in [5.74, 6) is 2.43. The maximum absolute atomic E-state index is 3.28. The molecule has 0 spiro atoms. The van der Waals surface area contributed by atoms with E-state index in [1.165, 1.54) is 6.42 Å². The molecule has 0 aromatic rings. The van der Waals surface area contributed by atoms with Gasteiger partial charge in [0.25, 0.3) is 0 Å².